The number of ether oxygens (including phenoxy) is 3. The van der Waals surface area contributed by atoms with Crippen molar-refractivity contribution in [1.29, 1.82) is 0 Å². The van der Waals surface area contributed by atoms with E-state index in [1.54, 1.807) is 12.1 Å². The second-order valence-electron chi connectivity index (χ2n) is 6.82. The van der Waals surface area contributed by atoms with Crippen LogP contribution in [0.25, 0.3) is 0 Å². The fourth-order valence-corrected chi connectivity index (χ4v) is 3.83. The molecule has 1 N–H and O–H groups in total. The van der Waals surface area contributed by atoms with Crippen molar-refractivity contribution >= 4 is 23.5 Å². The maximum Gasteiger partial charge on any atom is 0.306 e. The lowest BCUT2D eigenvalue weighted by atomic mass is 9.96. The van der Waals surface area contributed by atoms with E-state index in [2.05, 4.69) is 0 Å². The van der Waals surface area contributed by atoms with Crippen LogP contribution in [0.1, 0.15) is 19.3 Å². The van der Waals surface area contributed by atoms with E-state index >= 15 is 0 Å². The molecule has 1 aromatic rings. The summed E-state index contributed by atoms with van der Waals surface area (Å²) >= 11 is 0. The first-order valence-corrected chi connectivity index (χ1v) is 9.04. The number of benzene rings is 1. The molecular weight excluding hydrogens is 368 g/mol. The van der Waals surface area contributed by atoms with Crippen molar-refractivity contribution in [1.82, 2.24) is 4.90 Å². The highest BCUT2D eigenvalue weighted by molar-refractivity contribution is 6.22. The Hall–Kier alpha value is -2.81. The number of piperidine rings is 1. The molecule has 9 nitrogen and oxygen atoms in total. The number of amides is 2. The average molecular weight is 392 g/mol. The van der Waals surface area contributed by atoms with Crippen molar-refractivity contribution in [3.05, 3.63) is 12.1 Å². The third kappa shape index (κ3) is 3.49. The highest BCUT2D eigenvalue weighted by Gasteiger charge is 2.44. The average Bonchev–Trinajstić information content (AvgIpc) is 3.00. The number of likely N-dealkylation sites (tertiary alicyclic amines) is 1. The Morgan fingerprint density at radius 3 is 2.07 bits per heavy atom. The molecule has 0 aliphatic carbocycles. The van der Waals surface area contributed by atoms with Crippen LogP contribution in [0.15, 0.2) is 12.1 Å². The summed E-state index contributed by atoms with van der Waals surface area (Å²) in [4.78, 5) is 39.8. The Morgan fingerprint density at radius 2 is 1.61 bits per heavy atom. The number of imide groups is 1. The number of carbonyl (C=O) groups excluding carboxylic acids is 2. The molecule has 3 rings (SSSR count). The van der Waals surface area contributed by atoms with Gasteiger partial charge in [0.25, 0.3) is 5.91 Å². The van der Waals surface area contributed by atoms with Crippen LogP contribution in [0.2, 0.25) is 0 Å². The molecular formula is C19H24N2O7. The lowest BCUT2D eigenvalue weighted by Gasteiger charge is -2.33. The molecule has 0 unspecified atom stereocenters. The number of carbonyl (C=O) groups is 3. The first-order valence-electron chi connectivity index (χ1n) is 9.04. The second kappa shape index (κ2) is 8.05. The first-order chi connectivity index (χ1) is 13.4. The molecule has 0 spiro atoms. The van der Waals surface area contributed by atoms with E-state index in [0.29, 0.717) is 48.9 Å². The Labute approximate surface area is 162 Å². The molecule has 2 fully saturated rings. The van der Waals surface area contributed by atoms with Crippen LogP contribution in [0.5, 0.6) is 17.2 Å². The summed E-state index contributed by atoms with van der Waals surface area (Å²) in [5.74, 6) is -0.772. The van der Waals surface area contributed by atoms with E-state index < -0.39 is 17.9 Å². The standard InChI is InChI=1S/C19H24N2O7/c1-26-14-8-12(9-15(27-2)17(14)28-3)21-16(22)10-13(18(21)23)20-6-4-11(5-7-20)19(24)25/h8-9,11,13H,4-7,10H2,1-3H3,(H,24,25)/t13-/m1/s1. The van der Waals surface area contributed by atoms with E-state index in [9.17, 15) is 14.4 Å². The number of anilines is 1. The van der Waals surface area contributed by atoms with Gasteiger partial charge in [0.2, 0.25) is 11.7 Å². The Morgan fingerprint density at radius 1 is 1.04 bits per heavy atom. The molecule has 2 heterocycles. The topological polar surface area (TPSA) is 106 Å². The fraction of sp³-hybridized carbons (Fsp3) is 0.526. The van der Waals surface area contributed by atoms with Gasteiger partial charge in [-0.15, -0.1) is 0 Å². The van der Waals surface area contributed by atoms with E-state index in [4.69, 9.17) is 19.3 Å². The van der Waals surface area contributed by atoms with Crippen LogP contribution in [0, 0.1) is 5.92 Å². The van der Waals surface area contributed by atoms with Gasteiger partial charge < -0.3 is 19.3 Å². The molecule has 28 heavy (non-hydrogen) atoms. The van der Waals surface area contributed by atoms with Gasteiger partial charge in [-0.25, -0.2) is 4.90 Å². The zero-order chi connectivity index (χ0) is 20.4. The fourth-order valence-electron chi connectivity index (χ4n) is 3.83. The van der Waals surface area contributed by atoms with Gasteiger partial charge in [0.05, 0.1) is 45.4 Å². The molecule has 0 aromatic heterocycles. The van der Waals surface area contributed by atoms with Crippen molar-refractivity contribution in [2.75, 3.05) is 39.3 Å². The summed E-state index contributed by atoms with van der Waals surface area (Å²) in [6, 6.07) is 2.55. The molecule has 2 saturated heterocycles. The van der Waals surface area contributed by atoms with Crippen molar-refractivity contribution in [3.8, 4) is 17.2 Å². The highest BCUT2D eigenvalue weighted by Crippen LogP contribution is 2.42. The minimum atomic E-state index is -0.812. The smallest absolute Gasteiger partial charge is 0.306 e. The van der Waals surface area contributed by atoms with Crippen LogP contribution in [0.3, 0.4) is 0 Å². The number of aliphatic carboxylic acids is 1. The SMILES string of the molecule is COc1cc(N2C(=O)C[C@@H](N3CCC(C(=O)O)CC3)C2=O)cc(OC)c1OC. The zero-order valence-corrected chi connectivity index (χ0v) is 16.1. The number of hydrogen-bond acceptors (Lipinski definition) is 7. The Balaban J connectivity index is 1.84. The lowest BCUT2D eigenvalue weighted by molar-refractivity contribution is -0.143. The van der Waals surface area contributed by atoms with Crippen molar-refractivity contribution < 1.29 is 33.7 Å². The zero-order valence-electron chi connectivity index (χ0n) is 16.1. The number of rotatable bonds is 6. The molecule has 0 saturated carbocycles. The summed E-state index contributed by atoms with van der Waals surface area (Å²) in [5.41, 5.74) is 0.354. The van der Waals surface area contributed by atoms with Gasteiger partial charge in [0.1, 0.15) is 0 Å². The van der Waals surface area contributed by atoms with Crippen molar-refractivity contribution in [2.24, 2.45) is 5.92 Å². The molecule has 2 aliphatic heterocycles. The Kier molecular flexibility index (Phi) is 5.73. The van der Waals surface area contributed by atoms with Crippen LogP contribution >= 0.6 is 0 Å². The van der Waals surface area contributed by atoms with Gasteiger partial charge in [-0.1, -0.05) is 0 Å². The molecule has 1 aromatic carbocycles. The third-order valence-electron chi connectivity index (χ3n) is 5.35. The number of carboxylic acids is 1. The summed E-state index contributed by atoms with van der Waals surface area (Å²) in [5, 5.41) is 9.13. The molecule has 2 amide bonds. The number of hydrogen-bond donors (Lipinski definition) is 1. The number of carboxylic acid groups (broad SMARTS) is 1. The quantitative estimate of drug-likeness (QED) is 0.719. The Bertz CT molecular complexity index is 761. The molecule has 1 atom stereocenters. The summed E-state index contributed by atoms with van der Waals surface area (Å²) < 4.78 is 15.9. The van der Waals surface area contributed by atoms with Crippen LogP contribution in [-0.2, 0) is 14.4 Å². The number of methoxy groups -OCH3 is 3. The van der Waals surface area contributed by atoms with Crippen LogP contribution < -0.4 is 19.1 Å². The monoisotopic (exact) mass is 392 g/mol. The predicted molar refractivity (Wildman–Crippen MR) is 98.9 cm³/mol. The van der Waals surface area contributed by atoms with Crippen molar-refractivity contribution in [2.45, 2.75) is 25.3 Å². The van der Waals surface area contributed by atoms with E-state index in [1.165, 1.54) is 21.3 Å². The van der Waals surface area contributed by atoms with Crippen molar-refractivity contribution in [3.63, 3.8) is 0 Å². The van der Waals surface area contributed by atoms with Crippen LogP contribution in [-0.4, -0.2) is 68.3 Å². The molecule has 0 bridgehead atoms. The minimum Gasteiger partial charge on any atom is -0.493 e. The highest BCUT2D eigenvalue weighted by atomic mass is 16.5. The third-order valence-corrected chi connectivity index (χ3v) is 5.35. The van der Waals surface area contributed by atoms with Gasteiger partial charge >= 0.3 is 5.97 Å². The lowest BCUT2D eigenvalue weighted by Crippen LogP contribution is -2.46. The normalized spacial score (nSPS) is 21.1. The summed E-state index contributed by atoms with van der Waals surface area (Å²) in [6.45, 7) is 0.952. The van der Waals surface area contributed by atoms with Gasteiger partial charge in [-0.2, -0.15) is 0 Å². The van der Waals surface area contributed by atoms with E-state index in [1.807, 2.05) is 4.90 Å². The number of nitrogens with zero attached hydrogens (tertiary/aromatic N) is 2. The van der Waals surface area contributed by atoms with Gasteiger partial charge in [-0.05, 0) is 25.9 Å². The molecule has 152 valence electrons. The van der Waals surface area contributed by atoms with Crippen LogP contribution in [0.4, 0.5) is 5.69 Å². The minimum absolute atomic E-state index is 0.0627. The second-order valence-corrected chi connectivity index (χ2v) is 6.82. The molecule has 9 heteroatoms. The van der Waals surface area contributed by atoms with Gasteiger partial charge in [-0.3, -0.25) is 19.3 Å². The molecule has 2 aliphatic rings. The predicted octanol–water partition coefficient (Wildman–Crippen LogP) is 1.14. The van der Waals surface area contributed by atoms with Gasteiger partial charge in [0, 0.05) is 12.1 Å². The summed E-state index contributed by atoms with van der Waals surface area (Å²) in [6.07, 6.45) is 1.00. The molecule has 0 radical (unpaired) electrons. The summed E-state index contributed by atoms with van der Waals surface area (Å²) in [7, 11) is 4.40. The van der Waals surface area contributed by atoms with E-state index in [-0.39, 0.29) is 18.2 Å². The maximum absolute atomic E-state index is 13.0. The largest absolute Gasteiger partial charge is 0.493 e. The van der Waals surface area contributed by atoms with E-state index in [0.717, 1.165) is 4.90 Å². The first kappa shape index (κ1) is 19.9. The maximum atomic E-state index is 13.0. The van der Waals surface area contributed by atoms with Gasteiger partial charge in [0.15, 0.2) is 11.5 Å².